The second-order valence-corrected chi connectivity index (χ2v) is 6.21. The monoisotopic (exact) mass is 335 g/mol. The summed E-state index contributed by atoms with van der Waals surface area (Å²) in [6.07, 6.45) is 0.968. The van der Waals surface area contributed by atoms with Gasteiger partial charge in [-0.1, -0.05) is 26.0 Å². The molecule has 0 aromatic heterocycles. The molecule has 0 unspecified atom stereocenters. The van der Waals surface area contributed by atoms with Gasteiger partial charge < -0.3 is 20.1 Å². The quantitative estimate of drug-likeness (QED) is 0.392. The molecule has 136 valence electrons. The van der Waals surface area contributed by atoms with Gasteiger partial charge in [-0.2, -0.15) is 0 Å². The highest BCUT2D eigenvalue weighted by Crippen LogP contribution is 2.18. The van der Waals surface area contributed by atoms with Crippen LogP contribution in [0.15, 0.2) is 23.2 Å². The highest BCUT2D eigenvalue weighted by Gasteiger charge is 2.02. The standard InChI is InChI=1S/C19H33N3O2/c1-6-24-18-9-8-17(12-16(18)4)13-22-19(20-5)21-10-7-11-23-14-15(2)3/h8-9,12,15H,6-7,10-11,13-14H2,1-5H3,(H2,20,21,22). The minimum absolute atomic E-state index is 0.588. The third kappa shape index (κ3) is 8.20. The van der Waals surface area contributed by atoms with Gasteiger partial charge in [-0.25, -0.2) is 0 Å². The number of hydrogen-bond acceptors (Lipinski definition) is 3. The molecule has 0 saturated carbocycles. The smallest absolute Gasteiger partial charge is 0.191 e. The van der Waals surface area contributed by atoms with Crippen molar-refractivity contribution in [3.63, 3.8) is 0 Å². The van der Waals surface area contributed by atoms with Crippen molar-refractivity contribution in [1.29, 1.82) is 0 Å². The van der Waals surface area contributed by atoms with Gasteiger partial charge in [-0.15, -0.1) is 0 Å². The maximum Gasteiger partial charge on any atom is 0.191 e. The van der Waals surface area contributed by atoms with E-state index in [1.54, 1.807) is 7.05 Å². The topological polar surface area (TPSA) is 54.9 Å². The van der Waals surface area contributed by atoms with Gasteiger partial charge >= 0.3 is 0 Å². The lowest BCUT2D eigenvalue weighted by molar-refractivity contribution is 0.108. The Kier molecular flexibility index (Phi) is 9.92. The maximum atomic E-state index is 5.57. The summed E-state index contributed by atoms with van der Waals surface area (Å²) in [4.78, 5) is 4.25. The predicted molar refractivity (Wildman–Crippen MR) is 101 cm³/mol. The molecule has 1 rings (SSSR count). The lowest BCUT2D eigenvalue weighted by atomic mass is 10.1. The number of benzene rings is 1. The molecule has 0 saturated heterocycles. The minimum atomic E-state index is 0.588. The zero-order chi connectivity index (χ0) is 17.8. The van der Waals surface area contributed by atoms with Crippen LogP contribution >= 0.6 is 0 Å². The Morgan fingerprint density at radius 2 is 2.04 bits per heavy atom. The number of ether oxygens (including phenoxy) is 2. The van der Waals surface area contributed by atoms with Crippen LogP contribution in [0.3, 0.4) is 0 Å². The molecule has 0 amide bonds. The second kappa shape index (κ2) is 11.7. The molecular formula is C19H33N3O2. The van der Waals surface area contributed by atoms with Gasteiger partial charge in [0.15, 0.2) is 5.96 Å². The van der Waals surface area contributed by atoms with Crippen molar-refractivity contribution in [1.82, 2.24) is 10.6 Å². The average molecular weight is 335 g/mol. The van der Waals surface area contributed by atoms with Gasteiger partial charge in [0, 0.05) is 33.4 Å². The van der Waals surface area contributed by atoms with Crippen LogP contribution in [-0.2, 0) is 11.3 Å². The van der Waals surface area contributed by atoms with Crippen LogP contribution in [0, 0.1) is 12.8 Å². The van der Waals surface area contributed by atoms with Gasteiger partial charge in [0.2, 0.25) is 0 Å². The Hall–Kier alpha value is -1.75. The fourth-order valence-electron chi connectivity index (χ4n) is 2.25. The van der Waals surface area contributed by atoms with E-state index in [2.05, 4.69) is 48.5 Å². The lowest BCUT2D eigenvalue weighted by Gasteiger charge is -2.13. The van der Waals surface area contributed by atoms with Crippen LogP contribution in [0.25, 0.3) is 0 Å². The van der Waals surface area contributed by atoms with Crippen molar-refractivity contribution in [2.45, 2.75) is 40.7 Å². The molecule has 1 aromatic carbocycles. The molecular weight excluding hydrogens is 302 g/mol. The summed E-state index contributed by atoms with van der Waals surface area (Å²) < 4.78 is 11.1. The third-order valence-corrected chi connectivity index (χ3v) is 3.43. The zero-order valence-electron chi connectivity index (χ0n) is 15.8. The summed E-state index contributed by atoms with van der Waals surface area (Å²) >= 11 is 0. The van der Waals surface area contributed by atoms with Crippen LogP contribution in [-0.4, -0.2) is 39.4 Å². The van der Waals surface area contributed by atoms with Gasteiger partial charge in [0.05, 0.1) is 6.61 Å². The molecule has 0 heterocycles. The van der Waals surface area contributed by atoms with Crippen LogP contribution in [0.1, 0.15) is 38.3 Å². The Balaban J connectivity index is 2.30. The molecule has 0 spiro atoms. The number of guanidine groups is 1. The van der Waals surface area contributed by atoms with E-state index >= 15 is 0 Å². The van der Waals surface area contributed by atoms with Crippen LogP contribution in [0.5, 0.6) is 5.75 Å². The molecule has 0 aliphatic heterocycles. The van der Waals surface area contributed by atoms with Crippen molar-refractivity contribution >= 4 is 5.96 Å². The van der Waals surface area contributed by atoms with Crippen LogP contribution in [0.4, 0.5) is 0 Å². The summed E-state index contributed by atoms with van der Waals surface area (Å²) in [5.41, 5.74) is 2.36. The van der Waals surface area contributed by atoms with Gasteiger partial charge in [0.25, 0.3) is 0 Å². The Labute approximate surface area is 146 Å². The van der Waals surface area contributed by atoms with Crippen molar-refractivity contribution in [2.24, 2.45) is 10.9 Å². The van der Waals surface area contributed by atoms with E-state index in [1.807, 2.05) is 13.0 Å². The van der Waals surface area contributed by atoms with E-state index in [0.717, 1.165) is 50.0 Å². The summed E-state index contributed by atoms with van der Waals surface area (Å²) in [6, 6.07) is 6.25. The summed E-state index contributed by atoms with van der Waals surface area (Å²) in [7, 11) is 1.79. The second-order valence-electron chi connectivity index (χ2n) is 6.21. The van der Waals surface area contributed by atoms with E-state index in [-0.39, 0.29) is 0 Å². The van der Waals surface area contributed by atoms with Crippen LogP contribution < -0.4 is 15.4 Å². The van der Waals surface area contributed by atoms with Gasteiger partial charge in [-0.3, -0.25) is 4.99 Å². The first-order valence-electron chi connectivity index (χ1n) is 8.81. The van der Waals surface area contributed by atoms with Gasteiger partial charge in [0.1, 0.15) is 5.75 Å². The van der Waals surface area contributed by atoms with Crippen molar-refractivity contribution in [2.75, 3.05) is 33.4 Å². The molecule has 0 fully saturated rings. The van der Waals surface area contributed by atoms with Gasteiger partial charge in [-0.05, 0) is 43.4 Å². The molecule has 5 nitrogen and oxygen atoms in total. The Morgan fingerprint density at radius 1 is 1.25 bits per heavy atom. The molecule has 0 aliphatic rings. The number of aliphatic imine (C=N–C) groups is 1. The SMILES string of the molecule is CCOc1ccc(CNC(=NC)NCCCOCC(C)C)cc1C. The largest absolute Gasteiger partial charge is 0.494 e. The van der Waals surface area contributed by atoms with E-state index in [9.17, 15) is 0 Å². The zero-order valence-corrected chi connectivity index (χ0v) is 15.8. The number of rotatable bonds is 10. The number of hydrogen-bond donors (Lipinski definition) is 2. The molecule has 1 aromatic rings. The Morgan fingerprint density at radius 3 is 2.67 bits per heavy atom. The number of aryl methyl sites for hydroxylation is 1. The third-order valence-electron chi connectivity index (χ3n) is 3.43. The number of nitrogens with one attached hydrogen (secondary N) is 2. The highest BCUT2D eigenvalue weighted by atomic mass is 16.5. The highest BCUT2D eigenvalue weighted by molar-refractivity contribution is 5.79. The summed E-state index contributed by atoms with van der Waals surface area (Å²) in [6.45, 7) is 12.3. The minimum Gasteiger partial charge on any atom is -0.494 e. The fraction of sp³-hybridized carbons (Fsp3) is 0.632. The molecule has 5 heteroatoms. The van der Waals surface area contributed by atoms with E-state index in [4.69, 9.17) is 9.47 Å². The maximum absolute atomic E-state index is 5.57. The van der Waals surface area contributed by atoms with E-state index in [0.29, 0.717) is 12.5 Å². The first kappa shape index (κ1) is 20.3. The number of nitrogens with zero attached hydrogens (tertiary/aromatic N) is 1. The van der Waals surface area contributed by atoms with Crippen LogP contribution in [0.2, 0.25) is 0 Å². The molecule has 0 aliphatic carbocycles. The molecule has 0 bridgehead atoms. The summed E-state index contributed by atoms with van der Waals surface area (Å²) in [5, 5.41) is 6.64. The average Bonchev–Trinajstić information content (AvgIpc) is 2.55. The fourth-order valence-corrected chi connectivity index (χ4v) is 2.25. The summed E-state index contributed by atoms with van der Waals surface area (Å²) in [5.74, 6) is 2.35. The van der Waals surface area contributed by atoms with Crippen molar-refractivity contribution in [3.8, 4) is 5.75 Å². The molecule has 0 atom stereocenters. The van der Waals surface area contributed by atoms with Crippen molar-refractivity contribution in [3.05, 3.63) is 29.3 Å². The van der Waals surface area contributed by atoms with E-state index < -0.39 is 0 Å². The normalized spacial score (nSPS) is 11.7. The Bertz CT molecular complexity index is 501. The first-order chi connectivity index (χ1) is 11.6. The van der Waals surface area contributed by atoms with Crippen molar-refractivity contribution < 1.29 is 9.47 Å². The molecule has 24 heavy (non-hydrogen) atoms. The molecule has 0 radical (unpaired) electrons. The van der Waals surface area contributed by atoms with E-state index in [1.165, 1.54) is 5.56 Å². The lowest BCUT2D eigenvalue weighted by Crippen LogP contribution is -2.37. The first-order valence-corrected chi connectivity index (χ1v) is 8.81. The molecule has 2 N–H and O–H groups in total. The predicted octanol–water partition coefficient (Wildman–Crippen LogP) is 3.12.